The van der Waals surface area contributed by atoms with Crippen LogP contribution in [0, 0.1) is 11.3 Å². The van der Waals surface area contributed by atoms with Gasteiger partial charge in [0.25, 0.3) is 0 Å². The molecule has 5 heteroatoms. The lowest BCUT2D eigenvalue weighted by Gasteiger charge is -2.02. The molecule has 0 spiro atoms. The lowest BCUT2D eigenvalue weighted by Crippen LogP contribution is -2.00. The number of aromatic nitrogens is 1. The van der Waals surface area contributed by atoms with Crippen molar-refractivity contribution in [2.45, 2.75) is 6.92 Å². The van der Waals surface area contributed by atoms with Gasteiger partial charge in [-0.2, -0.15) is 5.26 Å². The molecule has 1 aromatic heterocycles. The van der Waals surface area contributed by atoms with Gasteiger partial charge in [0.15, 0.2) is 0 Å². The van der Waals surface area contributed by atoms with Gasteiger partial charge in [-0.3, -0.25) is 4.79 Å². The first-order chi connectivity index (χ1) is 14.1. The molecular formula is C24H16N2O2S. The molecule has 0 aliphatic carbocycles. The number of ether oxygens (including phenoxy) is 1. The Kier molecular flexibility index (Phi) is 5.19. The van der Waals surface area contributed by atoms with Crippen LogP contribution in [0.2, 0.25) is 0 Å². The van der Waals surface area contributed by atoms with Crippen LogP contribution >= 0.6 is 11.3 Å². The van der Waals surface area contributed by atoms with Crippen LogP contribution < -0.4 is 4.74 Å². The zero-order valence-electron chi connectivity index (χ0n) is 15.6. The van der Waals surface area contributed by atoms with Gasteiger partial charge < -0.3 is 4.74 Å². The molecular weight excluding hydrogens is 380 g/mol. The second-order valence-corrected chi connectivity index (χ2v) is 7.29. The van der Waals surface area contributed by atoms with Crippen molar-refractivity contribution in [1.29, 1.82) is 5.26 Å². The number of fused-ring (bicyclic) bond motifs is 1. The number of nitriles is 1. The number of thiazole rings is 1. The van der Waals surface area contributed by atoms with E-state index >= 15 is 0 Å². The first-order valence-electron chi connectivity index (χ1n) is 8.98. The number of allylic oxidation sites excluding steroid dienone is 1. The van der Waals surface area contributed by atoms with Crippen LogP contribution in [-0.4, -0.2) is 11.0 Å². The molecule has 4 aromatic rings. The Morgan fingerprint density at radius 2 is 1.83 bits per heavy atom. The number of hydrogen-bond acceptors (Lipinski definition) is 5. The predicted molar refractivity (Wildman–Crippen MR) is 116 cm³/mol. The summed E-state index contributed by atoms with van der Waals surface area (Å²) < 4.78 is 5.03. The molecule has 0 fully saturated rings. The van der Waals surface area contributed by atoms with Gasteiger partial charge in [-0.25, -0.2) is 4.98 Å². The number of carbonyl (C=O) groups is 1. The Labute approximate surface area is 172 Å². The van der Waals surface area contributed by atoms with Crippen molar-refractivity contribution in [3.8, 4) is 23.1 Å². The van der Waals surface area contributed by atoms with Gasteiger partial charge in [0.2, 0.25) is 0 Å². The van der Waals surface area contributed by atoms with Crippen molar-refractivity contribution in [3.63, 3.8) is 0 Å². The highest BCUT2D eigenvalue weighted by Gasteiger charge is 2.10. The van der Waals surface area contributed by atoms with Gasteiger partial charge in [-0.1, -0.05) is 48.5 Å². The molecule has 0 saturated heterocycles. The lowest BCUT2D eigenvalue weighted by atomic mass is 10.1. The van der Waals surface area contributed by atoms with Gasteiger partial charge in [0, 0.05) is 17.9 Å². The van der Waals surface area contributed by atoms with Crippen molar-refractivity contribution in [1.82, 2.24) is 4.98 Å². The Bertz CT molecular complexity index is 1260. The largest absolute Gasteiger partial charge is 0.427 e. The molecule has 4 nitrogen and oxygen atoms in total. The topological polar surface area (TPSA) is 63.0 Å². The van der Waals surface area contributed by atoms with E-state index in [0.717, 1.165) is 22.2 Å². The zero-order valence-corrected chi connectivity index (χ0v) is 16.4. The van der Waals surface area contributed by atoms with Crippen LogP contribution in [0.3, 0.4) is 0 Å². The van der Waals surface area contributed by atoms with Crippen molar-refractivity contribution >= 4 is 39.7 Å². The monoisotopic (exact) mass is 396 g/mol. The van der Waals surface area contributed by atoms with Crippen LogP contribution in [0.25, 0.3) is 33.7 Å². The number of benzene rings is 3. The minimum absolute atomic E-state index is 0.366. The maximum Gasteiger partial charge on any atom is 0.308 e. The second-order valence-electron chi connectivity index (χ2n) is 6.43. The first kappa shape index (κ1) is 18.6. The molecule has 3 aromatic carbocycles. The summed E-state index contributed by atoms with van der Waals surface area (Å²) >= 11 is 1.44. The summed E-state index contributed by atoms with van der Waals surface area (Å²) in [6, 6.07) is 23.7. The van der Waals surface area contributed by atoms with Crippen molar-refractivity contribution in [2.24, 2.45) is 0 Å². The van der Waals surface area contributed by atoms with Crippen LogP contribution in [-0.2, 0) is 4.79 Å². The Morgan fingerprint density at radius 3 is 2.55 bits per heavy atom. The van der Waals surface area contributed by atoms with E-state index in [0.29, 0.717) is 16.3 Å². The number of esters is 1. The van der Waals surface area contributed by atoms with E-state index in [4.69, 9.17) is 4.74 Å². The normalized spacial score (nSPS) is 11.2. The van der Waals surface area contributed by atoms with Crippen LogP contribution in [0.5, 0.6) is 5.75 Å². The molecule has 1 heterocycles. The van der Waals surface area contributed by atoms with Crippen molar-refractivity contribution < 1.29 is 9.53 Å². The third-order valence-corrected chi connectivity index (χ3v) is 5.23. The summed E-state index contributed by atoms with van der Waals surface area (Å²) in [5.41, 5.74) is 3.19. The standard InChI is InChI=1S/C24H16N2O2S/c1-16(27)28-22-10-6-17(7-11-22)12-21(14-25)24-26-23(15-29-24)20-9-8-18-4-2-3-5-19(18)13-20/h2-13,15H,1H3/b21-12-. The molecule has 0 unspecified atom stereocenters. The fourth-order valence-electron chi connectivity index (χ4n) is 2.99. The zero-order chi connectivity index (χ0) is 20.2. The molecule has 0 aliphatic rings. The molecule has 29 heavy (non-hydrogen) atoms. The number of carbonyl (C=O) groups excluding carboxylic acids is 1. The Hall–Kier alpha value is -3.75. The van der Waals surface area contributed by atoms with Crippen LogP contribution in [0.1, 0.15) is 17.5 Å². The summed E-state index contributed by atoms with van der Waals surface area (Å²) in [6.07, 6.45) is 1.78. The van der Waals surface area contributed by atoms with Crippen molar-refractivity contribution in [3.05, 3.63) is 82.7 Å². The van der Waals surface area contributed by atoms with Gasteiger partial charge in [-0.15, -0.1) is 11.3 Å². The van der Waals surface area contributed by atoms with Gasteiger partial charge in [-0.05, 0) is 40.6 Å². The molecule has 0 atom stereocenters. The van der Waals surface area contributed by atoms with E-state index in [1.807, 2.05) is 23.6 Å². The molecule has 0 bridgehead atoms. The van der Waals surface area contributed by atoms with E-state index in [9.17, 15) is 10.1 Å². The third-order valence-electron chi connectivity index (χ3n) is 4.35. The molecule has 0 saturated carbocycles. The Morgan fingerprint density at radius 1 is 1.07 bits per heavy atom. The summed E-state index contributed by atoms with van der Waals surface area (Å²) in [5.74, 6) is 0.107. The lowest BCUT2D eigenvalue weighted by molar-refractivity contribution is -0.131. The van der Waals surface area contributed by atoms with E-state index in [2.05, 4.69) is 35.3 Å². The van der Waals surface area contributed by atoms with E-state index in [-0.39, 0.29) is 5.97 Å². The van der Waals surface area contributed by atoms with Gasteiger partial charge in [0.1, 0.15) is 16.8 Å². The van der Waals surface area contributed by atoms with Crippen molar-refractivity contribution in [2.75, 3.05) is 0 Å². The molecule has 0 radical (unpaired) electrons. The third kappa shape index (κ3) is 4.23. The van der Waals surface area contributed by atoms with Crippen LogP contribution in [0.4, 0.5) is 0 Å². The second kappa shape index (κ2) is 8.09. The van der Waals surface area contributed by atoms with E-state index in [1.165, 1.54) is 23.6 Å². The van der Waals surface area contributed by atoms with Gasteiger partial charge in [0.05, 0.1) is 11.3 Å². The SMILES string of the molecule is CC(=O)Oc1ccc(/C=C(/C#N)c2nc(-c3ccc4ccccc4c3)cs2)cc1. The summed E-state index contributed by atoms with van der Waals surface area (Å²) in [4.78, 5) is 15.7. The maximum absolute atomic E-state index is 11.0. The molecule has 0 aliphatic heterocycles. The quantitative estimate of drug-likeness (QED) is 0.243. The molecule has 0 amide bonds. The summed E-state index contributed by atoms with van der Waals surface area (Å²) in [5, 5.41) is 14.6. The first-order valence-corrected chi connectivity index (χ1v) is 9.86. The minimum atomic E-state index is -0.366. The van der Waals surface area contributed by atoms with E-state index in [1.54, 1.807) is 30.3 Å². The fraction of sp³-hybridized carbons (Fsp3) is 0.0417. The highest BCUT2D eigenvalue weighted by Crippen LogP contribution is 2.29. The molecule has 0 N–H and O–H groups in total. The smallest absolute Gasteiger partial charge is 0.308 e. The number of rotatable bonds is 4. The number of hydrogen-bond donors (Lipinski definition) is 0. The molecule has 4 rings (SSSR count). The van der Waals surface area contributed by atoms with E-state index < -0.39 is 0 Å². The summed E-state index contributed by atoms with van der Waals surface area (Å²) in [6.45, 7) is 1.36. The maximum atomic E-state index is 11.0. The average molecular weight is 396 g/mol. The number of nitrogens with zero attached hydrogens (tertiary/aromatic N) is 2. The fourth-order valence-corrected chi connectivity index (χ4v) is 3.78. The van der Waals surface area contributed by atoms with Crippen LogP contribution in [0.15, 0.2) is 72.1 Å². The average Bonchev–Trinajstić information content (AvgIpc) is 3.22. The van der Waals surface area contributed by atoms with Gasteiger partial charge >= 0.3 is 5.97 Å². The highest BCUT2D eigenvalue weighted by molar-refractivity contribution is 7.11. The highest BCUT2D eigenvalue weighted by atomic mass is 32.1. The Balaban J connectivity index is 1.61. The predicted octanol–water partition coefficient (Wildman–Crippen LogP) is 5.95. The minimum Gasteiger partial charge on any atom is -0.427 e. The molecule has 140 valence electrons. The summed E-state index contributed by atoms with van der Waals surface area (Å²) in [7, 11) is 0.